The summed E-state index contributed by atoms with van der Waals surface area (Å²) in [7, 11) is 0. The Morgan fingerprint density at radius 3 is 3.19 bits per heavy atom. The molecule has 2 heterocycles. The number of nitrogens with zero attached hydrogens (tertiary/aromatic N) is 2. The monoisotopic (exact) mass is 217 g/mol. The fraction of sp³-hybridized carbons (Fsp3) is 0.417. The Bertz CT molecular complexity index is 472. The van der Waals surface area contributed by atoms with Crippen molar-refractivity contribution in [2.45, 2.75) is 31.8 Å². The number of hydrogen-bond donors (Lipinski definition) is 1. The van der Waals surface area contributed by atoms with Crippen LogP contribution >= 0.6 is 0 Å². The summed E-state index contributed by atoms with van der Waals surface area (Å²) >= 11 is 0. The molecule has 2 aromatic rings. The van der Waals surface area contributed by atoms with Gasteiger partial charge in [0.25, 0.3) is 0 Å². The van der Waals surface area contributed by atoms with Crippen LogP contribution in [0.4, 0.5) is 0 Å². The molecule has 0 spiro atoms. The Kier molecular flexibility index (Phi) is 2.29. The predicted molar refractivity (Wildman–Crippen MR) is 59.9 cm³/mol. The molecule has 1 aliphatic rings. The van der Waals surface area contributed by atoms with E-state index in [0.29, 0.717) is 0 Å². The van der Waals surface area contributed by atoms with Crippen LogP contribution < -0.4 is 5.73 Å². The van der Waals surface area contributed by atoms with Gasteiger partial charge in [0.2, 0.25) is 0 Å². The number of nitrogens with two attached hydrogens (primary N) is 1. The van der Waals surface area contributed by atoms with Crippen molar-refractivity contribution in [1.29, 1.82) is 0 Å². The third kappa shape index (κ3) is 1.65. The number of aromatic nitrogens is 2. The maximum absolute atomic E-state index is 6.08. The molecule has 84 valence electrons. The molecule has 2 N–H and O–H groups in total. The van der Waals surface area contributed by atoms with Gasteiger partial charge in [0, 0.05) is 24.5 Å². The molecule has 0 saturated carbocycles. The van der Waals surface area contributed by atoms with E-state index in [0.717, 1.165) is 25.1 Å². The minimum absolute atomic E-state index is 0.208. The van der Waals surface area contributed by atoms with Gasteiger partial charge in [-0.05, 0) is 30.4 Å². The van der Waals surface area contributed by atoms with Crippen LogP contribution in [0.15, 0.2) is 29.2 Å². The highest BCUT2D eigenvalue weighted by Crippen LogP contribution is 2.28. The molecule has 0 fully saturated rings. The maximum Gasteiger partial charge on any atom is 0.156 e. The first-order valence-corrected chi connectivity index (χ1v) is 5.66. The van der Waals surface area contributed by atoms with Gasteiger partial charge in [-0.15, -0.1) is 0 Å². The highest BCUT2D eigenvalue weighted by atomic mass is 16.5. The summed E-state index contributed by atoms with van der Waals surface area (Å²) in [6, 6.07) is 2.10. The van der Waals surface area contributed by atoms with E-state index in [4.69, 9.17) is 10.3 Å². The lowest BCUT2D eigenvalue weighted by Crippen LogP contribution is -2.15. The van der Waals surface area contributed by atoms with E-state index in [1.807, 2.05) is 6.07 Å². The number of aryl methyl sites for hydroxylation is 1. The Hall–Kier alpha value is -1.55. The third-order valence-electron chi connectivity index (χ3n) is 3.19. The van der Waals surface area contributed by atoms with E-state index < -0.39 is 0 Å². The predicted octanol–water partition coefficient (Wildman–Crippen LogP) is 1.86. The van der Waals surface area contributed by atoms with E-state index in [-0.39, 0.29) is 6.04 Å². The van der Waals surface area contributed by atoms with Gasteiger partial charge in [-0.1, -0.05) is 5.16 Å². The summed E-state index contributed by atoms with van der Waals surface area (Å²) in [5, 5.41) is 3.70. The lowest BCUT2D eigenvalue weighted by Gasteiger charge is -2.17. The molecule has 1 unspecified atom stereocenters. The van der Waals surface area contributed by atoms with Gasteiger partial charge in [0.05, 0.1) is 12.7 Å². The van der Waals surface area contributed by atoms with Crippen LogP contribution in [0.5, 0.6) is 0 Å². The molecule has 2 aromatic heterocycles. The number of fused-ring (bicyclic) bond motifs is 1. The standard InChI is InChI=1S/C12H15N3O/c13-12-3-1-2-9-6-15(8-11(9)12)7-10-4-5-14-16-10/h4-6,8,12H,1-3,7,13H2. The van der Waals surface area contributed by atoms with Crippen molar-refractivity contribution in [1.82, 2.24) is 9.72 Å². The molecule has 0 bridgehead atoms. The summed E-state index contributed by atoms with van der Waals surface area (Å²) < 4.78 is 7.23. The first-order chi connectivity index (χ1) is 7.83. The van der Waals surface area contributed by atoms with Crippen LogP contribution in [0.2, 0.25) is 0 Å². The second-order valence-corrected chi connectivity index (χ2v) is 4.39. The topological polar surface area (TPSA) is 57.0 Å². The van der Waals surface area contributed by atoms with E-state index in [9.17, 15) is 0 Å². The molecular weight excluding hydrogens is 202 g/mol. The van der Waals surface area contributed by atoms with Gasteiger partial charge in [0.1, 0.15) is 0 Å². The molecular formula is C12H15N3O. The van der Waals surface area contributed by atoms with Crippen molar-refractivity contribution in [3.8, 4) is 0 Å². The normalized spacial score (nSPS) is 19.7. The second kappa shape index (κ2) is 3.79. The van der Waals surface area contributed by atoms with E-state index >= 15 is 0 Å². The molecule has 16 heavy (non-hydrogen) atoms. The largest absolute Gasteiger partial charge is 0.359 e. The van der Waals surface area contributed by atoms with Gasteiger partial charge < -0.3 is 14.8 Å². The number of rotatable bonds is 2. The molecule has 0 amide bonds. The highest BCUT2D eigenvalue weighted by molar-refractivity contribution is 5.30. The molecule has 0 radical (unpaired) electrons. The van der Waals surface area contributed by atoms with Crippen LogP contribution in [-0.4, -0.2) is 9.72 Å². The minimum Gasteiger partial charge on any atom is -0.359 e. The highest BCUT2D eigenvalue weighted by Gasteiger charge is 2.18. The van der Waals surface area contributed by atoms with Crippen molar-refractivity contribution < 1.29 is 4.52 Å². The lowest BCUT2D eigenvalue weighted by atomic mass is 9.92. The van der Waals surface area contributed by atoms with Gasteiger partial charge >= 0.3 is 0 Å². The fourth-order valence-corrected chi connectivity index (χ4v) is 2.38. The second-order valence-electron chi connectivity index (χ2n) is 4.39. The van der Waals surface area contributed by atoms with Crippen LogP contribution in [0.3, 0.4) is 0 Å². The fourth-order valence-electron chi connectivity index (χ4n) is 2.38. The molecule has 1 atom stereocenters. The van der Waals surface area contributed by atoms with Crippen LogP contribution in [0, 0.1) is 0 Å². The minimum atomic E-state index is 0.208. The van der Waals surface area contributed by atoms with Gasteiger partial charge in [0.15, 0.2) is 5.76 Å². The van der Waals surface area contributed by atoms with Gasteiger partial charge in [-0.3, -0.25) is 0 Å². The Balaban J connectivity index is 1.87. The summed E-state index contributed by atoms with van der Waals surface area (Å²) in [6.45, 7) is 0.736. The van der Waals surface area contributed by atoms with Crippen LogP contribution in [-0.2, 0) is 13.0 Å². The first kappa shape index (κ1) is 9.66. The molecule has 4 heteroatoms. The average Bonchev–Trinajstić information content (AvgIpc) is 2.88. The maximum atomic E-state index is 6.08. The van der Waals surface area contributed by atoms with Crippen molar-refractivity contribution >= 4 is 0 Å². The van der Waals surface area contributed by atoms with E-state index in [2.05, 4.69) is 22.1 Å². The third-order valence-corrected chi connectivity index (χ3v) is 3.19. The molecule has 1 aliphatic carbocycles. The molecule has 4 nitrogen and oxygen atoms in total. The molecule has 0 aliphatic heterocycles. The molecule has 3 rings (SSSR count). The average molecular weight is 217 g/mol. The van der Waals surface area contributed by atoms with E-state index in [1.54, 1.807) is 6.20 Å². The zero-order valence-electron chi connectivity index (χ0n) is 9.10. The first-order valence-electron chi connectivity index (χ1n) is 5.66. The van der Waals surface area contributed by atoms with Crippen LogP contribution in [0.1, 0.15) is 35.8 Å². The summed E-state index contributed by atoms with van der Waals surface area (Å²) in [5.74, 6) is 0.876. The number of hydrogen-bond acceptors (Lipinski definition) is 3. The van der Waals surface area contributed by atoms with Gasteiger partial charge in [-0.25, -0.2) is 0 Å². The summed E-state index contributed by atoms with van der Waals surface area (Å²) in [5.41, 5.74) is 8.77. The molecule has 0 aromatic carbocycles. The SMILES string of the molecule is NC1CCCc2cn(Cc3ccno3)cc21. The lowest BCUT2D eigenvalue weighted by molar-refractivity contribution is 0.376. The van der Waals surface area contributed by atoms with Crippen molar-refractivity contribution in [2.75, 3.05) is 0 Å². The van der Waals surface area contributed by atoms with Crippen LogP contribution in [0.25, 0.3) is 0 Å². The summed E-state index contributed by atoms with van der Waals surface area (Å²) in [6.07, 6.45) is 9.43. The smallest absolute Gasteiger partial charge is 0.156 e. The Morgan fingerprint density at radius 1 is 1.50 bits per heavy atom. The Morgan fingerprint density at radius 2 is 2.44 bits per heavy atom. The Labute approximate surface area is 94.0 Å². The van der Waals surface area contributed by atoms with Gasteiger partial charge in [-0.2, -0.15) is 0 Å². The zero-order valence-corrected chi connectivity index (χ0v) is 9.10. The molecule has 0 saturated heterocycles. The van der Waals surface area contributed by atoms with Crippen molar-refractivity contribution in [2.24, 2.45) is 5.73 Å². The van der Waals surface area contributed by atoms with Crippen molar-refractivity contribution in [3.63, 3.8) is 0 Å². The van der Waals surface area contributed by atoms with E-state index in [1.165, 1.54) is 17.5 Å². The van der Waals surface area contributed by atoms with Crippen molar-refractivity contribution in [3.05, 3.63) is 41.5 Å². The summed E-state index contributed by atoms with van der Waals surface area (Å²) in [4.78, 5) is 0. The quantitative estimate of drug-likeness (QED) is 0.835. The zero-order chi connectivity index (χ0) is 11.0.